The summed E-state index contributed by atoms with van der Waals surface area (Å²) >= 11 is 1.26. The van der Waals surface area contributed by atoms with Crippen molar-refractivity contribution in [2.75, 3.05) is 19.6 Å². The zero-order chi connectivity index (χ0) is 15.7. The Kier molecular flexibility index (Phi) is 4.17. The van der Waals surface area contributed by atoms with E-state index in [2.05, 4.69) is 22.1 Å². The monoisotopic (exact) mass is 321 g/mol. The normalized spacial score (nSPS) is 24.0. The van der Waals surface area contributed by atoms with Gasteiger partial charge < -0.3 is 15.3 Å². The minimum absolute atomic E-state index is 0.0636. The van der Waals surface area contributed by atoms with Crippen molar-refractivity contribution in [2.45, 2.75) is 13.0 Å². The maximum absolute atomic E-state index is 13.3. The van der Waals surface area contributed by atoms with Crippen molar-refractivity contribution in [2.24, 2.45) is 4.99 Å². The molecule has 3 rings (SSSR count). The minimum atomic E-state index is -0.461. The maximum Gasteiger partial charge on any atom is 0.286 e. The first kappa shape index (κ1) is 15.1. The third kappa shape index (κ3) is 3.00. The summed E-state index contributed by atoms with van der Waals surface area (Å²) in [4.78, 5) is 18.6. The third-order valence-corrected chi connectivity index (χ3v) is 4.65. The van der Waals surface area contributed by atoms with Crippen LogP contribution in [0.1, 0.15) is 12.5 Å². The van der Waals surface area contributed by atoms with E-state index in [9.17, 15) is 14.3 Å². The van der Waals surface area contributed by atoms with E-state index in [1.807, 2.05) is 0 Å². The van der Waals surface area contributed by atoms with E-state index in [-0.39, 0.29) is 23.3 Å². The fourth-order valence-corrected chi connectivity index (χ4v) is 3.46. The molecule has 7 heteroatoms. The molecule has 0 aromatic heterocycles. The van der Waals surface area contributed by atoms with E-state index in [4.69, 9.17) is 0 Å². The Morgan fingerprint density at radius 1 is 1.55 bits per heavy atom. The molecule has 0 bridgehead atoms. The average molecular weight is 321 g/mol. The smallest absolute Gasteiger partial charge is 0.286 e. The second-order valence-corrected chi connectivity index (χ2v) is 6.27. The first-order valence-electron chi connectivity index (χ1n) is 7.03. The molecular weight excluding hydrogens is 305 g/mol. The van der Waals surface area contributed by atoms with E-state index in [1.54, 1.807) is 0 Å². The van der Waals surface area contributed by atoms with Gasteiger partial charge in [-0.05, 0) is 43.0 Å². The molecule has 2 aliphatic heterocycles. The highest BCUT2D eigenvalue weighted by Crippen LogP contribution is 2.33. The van der Waals surface area contributed by atoms with Crippen molar-refractivity contribution in [1.82, 2.24) is 10.2 Å². The van der Waals surface area contributed by atoms with Gasteiger partial charge in [0.2, 0.25) is 0 Å². The van der Waals surface area contributed by atoms with Crippen molar-refractivity contribution in [3.05, 3.63) is 34.5 Å². The summed E-state index contributed by atoms with van der Waals surface area (Å²) in [5.74, 6) is -0.877. The predicted octanol–water partition coefficient (Wildman–Crippen LogP) is 1.80. The lowest BCUT2D eigenvalue weighted by molar-refractivity contribution is -0.113. The van der Waals surface area contributed by atoms with Crippen LogP contribution in [0, 0.1) is 5.82 Å². The van der Waals surface area contributed by atoms with Crippen LogP contribution in [-0.4, -0.2) is 46.8 Å². The number of phenols is 1. The van der Waals surface area contributed by atoms with E-state index in [1.165, 1.54) is 36.0 Å². The van der Waals surface area contributed by atoms with Crippen LogP contribution in [0.3, 0.4) is 0 Å². The van der Waals surface area contributed by atoms with E-state index >= 15 is 0 Å². The highest BCUT2D eigenvalue weighted by atomic mass is 32.2. The van der Waals surface area contributed by atoms with Gasteiger partial charge in [-0.15, -0.1) is 0 Å². The van der Waals surface area contributed by atoms with Crippen LogP contribution in [0.4, 0.5) is 4.39 Å². The molecule has 1 fully saturated rings. The zero-order valence-corrected chi connectivity index (χ0v) is 12.9. The Morgan fingerprint density at radius 3 is 3.14 bits per heavy atom. The summed E-state index contributed by atoms with van der Waals surface area (Å²) in [6, 6.07) is 3.90. The Morgan fingerprint density at radius 2 is 2.36 bits per heavy atom. The molecule has 0 saturated carbocycles. The Hall–Kier alpha value is -1.86. The van der Waals surface area contributed by atoms with Gasteiger partial charge in [-0.1, -0.05) is 0 Å². The van der Waals surface area contributed by atoms with Crippen LogP contribution >= 0.6 is 11.8 Å². The van der Waals surface area contributed by atoms with Crippen LogP contribution in [0.5, 0.6) is 5.75 Å². The van der Waals surface area contributed by atoms with Gasteiger partial charge in [-0.2, -0.15) is 4.99 Å². The molecule has 5 nitrogen and oxygen atoms in total. The molecule has 1 saturated heterocycles. The number of thioether (sulfide) groups is 1. The van der Waals surface area contributed by atoms with Crippen LogP contribution < -0.4 is 5.32 Å². The quantitative estimate of drug-likeness (QED) is 0.772. The number of hydrogen-bond acceptors (Lipinski definition) is 5. The van der Waals surface area contributed by atoms with Gasteiger partial charge >= 0.3 is 0 Å². The number of carbonyl (C=O) groups is 1. The second-order valence-electron chi connectivity index (χ2n) is 5.26. The average Bonchev–Trinajstić information content (AvgIpc) is 2.84. The van der Waals surface area contributed by atoms with E-state index < -0.39 is 5.82 Å². The first-order chi connectivity index (χ1) is 10.5. The molecule has 116 valence electrons. The molecule has 0 spiro atoms. The minimum Gasteiger partial charge on any atom is -0.507 e. The first-order valence-corrected chi connectivity index (χ1v) is 7.84. The summed E-state index contributed by atoms with van der Waals surface area (Å²) in [5.41, 5.74) is 0.278. The van der Waals surface area contributed by atoms with Gasteiger partial charge in [-0.25, -0.2) is 4.39 Å². The lowest BCUT2D eigenvalue weighted by atomic mass is 10.2. The number of phenolic OH excluding ortho intramolecular Hbond substituents is 1. The number of carbonyl (C=O) groups excluding carboxylic acids is 1. The number of rotatable bonds is 1. The van der Waals surface area contributed by atoms with Gasteiger partial charge in [-0.3, -0.25) is 4.79 Å². The molecule has 0 radical (unpaired) electrons. The third-order valence-electron chi connectivity index (χ3n) is 3.63. The van der Waals surface area contributed by atoms with Crippen LogP contribution in [0.2, 0.25) is 0 Å². The Labute approximate surface area is 131 Å². The molecule has 2 N–H and O–H groups in total. The lowest BCUT2D eigenvalue weighted by Crippen LogP contribution is -2.51. The highest BCUT2D eigenvalue weighted by molar-refractivity contribution is 8.18. The SMILES string of the molecule is C[C@H]1CNCCN1C1=NC(=O)C(=Cc2cc(F)ccc2O)S1. The number of nitrogens with zero attached hydrogens (tertiary/aromatic N) is 2. The summed E-state index contributed by atoms with van der Waals surface area (Å²) in [6.45, 7) is 4.55. The molecule has 1 aromatic carbocycles. The number of halogens is 1. The molecule has 1 amide bonds. The summed E-state index contributed by atoms with van der Waals surface area (Å²) in [6.07, 6.45) is 1.48. The van der Waals surface area contributed by atoms with Crippen molar-refractivity contribution < 1.29 is 14.3 Å². The Bertz CT molecular complexity index is 675. The molecule has 1 aromatic rings. The number of amides is 1. The van der Waals surface area contributed by atoms with Gasteiger partial charge in [0.15, 0.2) is 5.17 Å². The number of hydrogen-bond donors (Lipinski definition) is 2. The molecule has 0 unspecified atom stereocenters. The number of amidine groups is 1. The molecule has 2 aliphatic rings. The molecule has 0 aliphatic carbocycles. The number of aliphatic imine (C=N–C) groups is 1. The molecular formula is C15H16FN3O2S. The van der Waals surface area contributed by atoms with Crippen molar-refractivity contribution >= 4 is 28.9 Å². The topological polar surface area (TPSA) is 64.9 Å². The lowest BCUT2D eigenvalue weighted by Gasteiger charge is -2.34. The number of aromatic hydroxyl groups is 1. The highest BCUT2D eigenvalue weighted by Gasteiger charge is 2.30. The number of piperazine rings is 1. The van der Waals surface area contributed by atoms with Gasteiger partial charge in [0.05, 0.1) is 4.91 Å². The molecule has 22 heavy (non-hydrogen) atoms. The standard InChI is InChI=1S/C15H16FN3O2S/c1-9-8-17-4-5-19(9)15-18-14(21)13(22-15)7-10-6-11(16)2-3-12(10)20/h2-3,6-7,9,17,20H,4-5,8H2,1H3/t9-/m0/s1. The van der Waals surface area contributed by atoms with Gasteiger partial charge in [0.25, 0.3) is 5.91 Å². The van der Waals surface area contributed by atoms with Crippen LogP contribution in [0.15, 0.2) is 28.1 Å². The fourth-order valence-electron chi connectivity index (χ4n) is 2.43. The fraction of sp³-hybridized carbons (Fsp3) is 0.333. The largest absolute Gasteiger partial charge is 0.507 e. The van der Waals surface area contributed by atoms with Gasteiger partial charge in [0, 0.05) is 31.2 Å². The predicted molar refractivity (Wildman–Crippen MR) is 85.1 cm³/mol. The Balaban J connectivity index is 1.82. The second kappa shape index (κ2) is 6.10. The summed E-state index contributed by atoms with van der Waals surface area (Å²) in [5, 5.41) is 13.7. The van der Waals surface area contributed by atoms with Crippen molar-refractivity contribution in [3.8, 4) is 5.75 Å². The van der Waals surface area contributed by atoms with Crippen LogP contribution in [-0.2, 0) is 4.79 Å². The summed E-state index contributed by atoms with van der Waals surface area (Å²) in [7, 11) is 0. The van der Waals surface area contributed by atoms with Crippen molar-refractivity contribution in [1.29, 1.82) is 0 Å². The maximum atomic E-state index is 13.3. The number of benzene rings is 1. The van der Waals surface area contributed by atoms with E-state index in [0.29, 0.717) is 10.1 Å². The summed E-state index contributed by atoms with van der Waals surface area (Å²) < 4.78 is 13.3. The van der Waals surface area contributed by atoms with E-state index in [0.717, 1.165) is 19.6 Å². The molecule has 1 atom stereocenters. The number of nitrogens with one attached hydrogen (secondary N) is 1. The zero-order valence-electron chi connectivity index (χ0n) is 12.0. The molecule has 2 heterocycles. The van der Waals surface area contributed by atoms with Gasteiger partial charge in [0.1, 0.15) is 11.6 Å². The van der Waals surface area contributed by atoms with Crippen molar-refractivity contribution in [3.63, 3.8) is 0 Å². The van der Waals surface area contributed by atoms with Crippen LogP contribution in [0.25, 0.3) is 6.08 Å².